The summed E-state index contributed by atoms with van der Waals surface area (Å²) in [7, 11) is 0. The number of carbonyl (C=O) groups excluding carboxylic acids is 2. The van der Waals surface area contributed by atoms with E-state index in [1.165, 1.54) is 11.1 Å². The minimum atomic E-state index is -0.291. The van der Waals surface area contributed by atoms with Gasteiger partial charge in [0.25, 0.3) is 0 Å². The van der Waals surface area contributed by atoms with Crippen LogP contribution in [0.25, 0.3) is 11.4 Å². The van der Waals surface area contributed by atoms with Gasteiger partial charge in [-0.25, -0.2) is 9.48 Å². The van der Waals surface area contributed by atoms with Crippen molar-refractivity contribution in [2.24, 2.45) is 11.3 Å². The standard InChI is InChI=1S/C25H29N5O3/c1-15-21(14-33-23(15)31)29-12-11-25(24(29)32)9-7-17(8-10-25)3-4-18-5-6-19-20(13-18)16(2)30-22(19)26-27-28-30/h5-6,13,16-17H,3-4,7-12,14H2,1-2H3. The Labute approximate surface area is 193 Å². The SMILES string of the molecule is CC1=C(N2CCC3(CCC(CCc4ccc5c(c4)C(C)n4nnnc4-5)CC3)C2=O)COC1=O. The third-order valence-electron chi connectivity index (χ3n) is 8.49. The predicted molar refractivity (Wildman–Crippen MR) is 120 cm³/mol. The third kappa shape index (κ3) is 3.14. The number of aryl methyl sites for hydroxylation is 1. The maximum absolute atomic E-state index is 13.3. The lowest BCUT2D eigenvalue weighted by atomic mass is 9.68. The fraction of sp³-hybridized carbons (Fsp3) is 0.560. The molecule has 1 aromatic heterocycles. The fourth-order valence-electron chi connectivity index (χ4n) is 6.26. The Morgan fingerprint density at radius 1 is 1.18 bits per heavy atom. The number of tetrazole rings is 1. The molecule has 0 N–H and O–H groups in total. The molecule has 1 atom stereocenters. The van der Waals surface area contributed by atoms with Gasteiger partial charge in [0.2, 0.25) is 5.91 Å². The summed E-state index contributed by atoms with van der Waals surface area (Å²) in [5.41, 5.74) is 4.91. The number of aromatic nitrogens is 4. The molecule has 4 aliphatic rings. The first kappa shape index (κ1) is 20.6. The molecule has 8 heteroatoms. The largest absolute Gasteiger partial charge is 0.456 e. The zero-order valence-electron chi connectivity index (χ0n) is 19.2. The van der Waals surface area contributed by atoms with Crippen molar-refractivity contribution in [2.75, 3.05) is 13.2 Å². The third-order valence-corrected chi connectivity index (χ3v) is 8.49. The minimum absolute atomic E-state index is 0.176. The molecule has 2 aromatic rings. The zero-order chi connectivity index (χ0) is 22.7. The van der Waals surface area contributed by atoms with Crippen molar-refractivity contribution in [1.29, 1.82) is 0 Å². The molecule has 172 valence electrons. The molecule has 4 heterocycles. The highest BCUT2D eigenvalue weighted by Gasteiger charge is 2.50. The van der Waals surface area contributed by atoms with Gasteiger partial charge in [0.05, 0.1) is 22.7 Å². The normalized spacial score (nSPS) is 28.6. The Bertz CT molecular complexity index is 1170. The number of esters is 1. The second-order valence-electron chi connectivity index (χ2n) is 10.2. The fourth-order valence-corrected chi connectivity index (χ4v) is 6.26. The van der Waals surface area contributed by atoms with Gasteiger partial charge in [0.1, 0.15) is 6.61 Å². The predicted octanol–water partition coefficient (Wildman–Crippen LogP) is 3.44. The summed E-state index contributed by atoms with van der Waals surface area (Å²) >= 11 is 0. The van der Waals surface area contributed by atoms with Gasteiger partial charge in [-0.3, -0.25) is 4.79 Å². The van der Waals surface area contributed by atoms with E-state index in [-0.39, 0.29) is 29.9 Å². The lowest BCUT2D eigenvalue weighted by Crippen LogP contribution is -2.37. The average Bonchev–Trinajstić information content (AvgIpc) is 3.57. The maximum atomic E-state index is 13.3. The summed E-state index contributed by atoms with van der Waals surface area (Å²) in [5.74, 6) is 1.43. The number of hydrogen-bond acceptors (Lipinski definition) is 6. The van der Waals surface area contributed by atoms with Crippen LogP contribution in [0.5, 0.6) is 0 Å². The molecule has 0 bridgehead atoms. The van der Waals surface area contributed by atoms with Crippen LogP contribution in [-0.2, 0) is 20.7 Å². The Morgan fingerprint density at radius 2 is 2.00 bits per heavy atom. The van der Waals surface area contributed by atoms with Crippen molar-refractivity contribution in [3.8, 4) is 11.4 Å². The number of cyclic esters (lactones) is 1. The van der Waals surface area contributed by atoms with Crippen molar-refractivity contribution in [3.05, 3.63) is 40.6 Å². The second kappa shape index (κ2) is 7.50. The van der Waals surface area contributed by atoms with Gasteiger partial charge in [0.15, 0.2) is 5.82 Å². The first-order valence-corrected chi connectivity index (χ1v) is 12.1. The molecule has 1 spiro atoms. The highest BCUT2D eigenvalue weighted by Crippen LogP contribution is 2.48. The Hall–Kier alpha value is -3.03. The minimum Gasteiger partial charge on any atom is -0.456 e. The quantitative estimate of drug-likeness (QED) is 0.667. The zero-order valence-corrected chi connectivity index (χ0v) is 19.2. The number of nitrogens with zero attached hydrogens (tertiary/aromatic N) is 5. The summed E-state index contributed by atoms with van der Waals surface area (Å²) in [6.45, 7) is 4.86. The van der Waals surface area contributed by atoms with E-state index < -0.39 is 0 Å². The van der Waals surface area contributed by atoms with Crippen molar-refractivity contribution in [2.45, 2.75) is 64.8 Å². The lowest BCUT2D eigenvalue weighted by molar-refractivity contribution is -0.138. The van der Waals surface area contributed by atoms with Crippen LogP contribution in [0, 0.1) is 11.3 Å². The number of amides is 1. The van der Waals surface area contributed by atoms with Crippen LogP contribution >= 0.6 is 0 Å². The summed E-state index contributed by atoms with van der Waals surface area (Å²) in [6, 6.07) is 6.85. The van der Waals surface area contributed by atoms with E-state index >= 15 is 0 Å². The molecular weight excluding hydrogens is 418 g/mol. The number of fused-ring (bicyclic) bond motifs is 3. The van der Waals surface area contributed by atoms with E-state index in [0.29, 0.717) is 18.0 Å². The second-order valence-corrected chi connectivity index (χ2v) is 10.2. The summed E-state index contributed by atoms with van der Waals surface area (Å²) in [6.07, 6.45) is 7.20. The molecule has 1 aliphatic carbocycles. The molecule has 2 fully saturated rings. The number of carbonyl (C=O) groups is 2. The van der Waals surface area contributed by atoms with Gasteiger partial charge in [-0.05, 0) is 86.3 Å². The van der Waals surface area contributed by atoms with Gasteiger partial charge in [-0.2, -0.15) is 0 Å². The van der Waals surface area contributed by atoms with Crippen LogP contribution in [0.4, 0.5) is 0 Å². The van der Waals surface area contributed by atoms with Crippen LogP contribution < -0.4 is 0 Å². The Kier molecular flexibility index (Phi) is 4.67. The van der Waals surface area contributed by atoms with Gasteiger partial charge >= 0.3 is 5.97 Å². The number of ether oxygens (including phenoxy) is 1. The van der Waals surface area contributed by atoms with E-state index in [4.69, 9.17) is 4.74 Å². The number of hydrogen-bond donors (Lipinski definition) is 0. The molecule has 8 nitrogen and oxygen atoms in total. The average molecular weight is 448 g/mol. The topological polar surface area (TPSA) is 90.2 Å². The maximum Gasteiger partial charge on any atom is 0.336 e. The van der Waals surface area contributed by atoms with Crippen LogP contribution in [-0.4, -0.2) is 50.1 Å². The lowest BCUT2D eigenvalue weighted by Gasteiger charge is -2.36. The molecule has 1 amide bonds. The molecule has 1 aromatic carbocycles. The van der Waals surface area contributed by atoms with Crippen molar-refractivity contribution >= 4 is 11.9 Å². The van der Waals surface area contributed by atoms with Crippen LogP contribution in [0.2, 0.25) is 0 Å². The smallest absolute Gasteiger partial charge is 0.336 e. The molecule has 6 rings (SSSR count). The molecular formula is C25H29N5O3. The van der Waals surface area contributed by atoms with Crippen molar-refractivity contribution in [3.63, 3.8) is 0 Å². The van der Waals surface area contributed by atoms with E-state index in [0.717, 1.165) is 62.0 Å². The molecule has 1 unspecified atom stereocenters. The number of benzene rings is 1. The molecule has 1 saturated carbocycles. The van der Waals surface area contributed by atoms with Crippen LogP contribution in [0.1, 0.15) is 69.5 Å². The summed E-state index contributed by atoms with van der Waals surface area (Å²) in [4.78, 5) is 26.9. The van der Waals surface area contributed by atoms with E-state index in [9.17, 15) is 9.59 Å². The highest BCUT2D eigenvalue weighted by atomic mass is 16.5. The van der Waals surface area contributed by atoms with E-state index in [1.807, 2.05) is 9.58 Å². The summed E-state index contributed by atoms with van der Waals surface area (Å²) < 4.78 is 7.03. The first-order chi connectivity index (χ1) is 16.0. The van der Waals surface area contributed by atoms with E-state index in [1.54, 1.807) is 6.92 Å². The van der Waals surface area contributed by atoms with Crippen molar-refractivity contribution in [1.82, 2.24) is 25.1 Å². The first-order valence-electron chi connectivity index (χ1n) is 12.1. The molecule has 1 saturated heterocycles. The molecule has 0 radical (unpaired) electrons. The number of likely N-dealkylation sites (tertiary alicyclic amines) is 1. The van der Waals surface area contributed by atoms with Gasteiger partial charge in [0, 0.05) is 12.1 Å². The van der Waals surface area contributed by atoms with E-state index in [2.05, 4.69) is 40.6 Å². The van der Waals surface area contributed by atoms with Gasteiger partial charge in [-0.1, -0.05) is 18.2 Å². The van der Waals surface area contributed by atoms with Gasteiger partial charge in [-0.15, -0.1) is 5.10 Å². The molecule has 33 heavy (non-hydrogen) atoms. The Balaban J connectivity index is 1.07. The highest BCUT2D eigenvalue weighted by molar-refractivity contribution is 5.94. The number of rotatable bonds is 4. The van der Waals surface area contributed by atoms with Gasteiger partial charge < -0.3 is 9.64 Å². The van der Waals surface area contributed by atoms with Crippen LogP contribution in [0.3, 0.4) is 0 Å². The Morgan fingerprint density at radius 3 is 2.76 bits per heavy atom. The molecule has 3 aliphatic heterocycles. The van der Waals surface area contributed by atoms with Crippen LogP contribution in [0.15, 0.2) is 29.5 Å². The van der Waals surface area contributed by atoms with Crippen molar-refractivity contribution < 1.29 is 14.3 Å². The summed E-state index contributed by atoms with van der Waals surface area (Å²) in [5, 5.41) is 12.1. The monoisotopic (exact) mass is 447 g/mol.